The number of aromatic amines is 1. The summed E-state index contributed by atoms with van der Waals surface area (Å²) in [6.45, 7) is 5.82. The summed E-state index contributed by atoms with van der Waals surface area (Å²) in [6.07, 6.45) is 2.93. The average Bonchev–Trinajstić information content (AvgIpc) is 3.18. The van der Waals surface area contributed by atoms with Gasteiger partial charge in [0.1, 0.15) is 16.2 Å². The first-order valence-corrected chi connectivity index (χ1v) is 11.3. The molecule has 0 spiro atoms. The summed E-state index contributed by atoms with van der Waals surface area (Å²) in [4.78, 5) is 49.2. The lowest BCUT2D eigenvalue weighted by molar-refractivity contribution is -0.131. The molecule has 2 aromatic heterocycles. The molecule has 2 N–H and O–H groups in total. The van der Waals surface area contributed by atoms with Crippen molar-refractivity contribution in [2.24, 2.45) is 5.92 Å². The molecule has 3 heterocycles. The lowest BCUT2D eigenvalue weighted by Gasteiger charge is -2.22. The number of hydrogen-bond donors (Lipinski definition) is 2. The van der Waals surface area contributed by atoms with Crippen molar-refractivity contribution in [1.82, 2.24) is 20.2 Å². The van der Waals surface area contributed by atoms with Gasteiger partial charge >= 0.3 is 6.03 Å². The molecular weight excluding hydrogens is 412 g/mol. The number of aryl methyl sites for hydroxylation is 2. The van der Waals surface area contributed by atoms with Gasteiger partial charge in [0.05, 0.1) is 11.9 Å². The molecule has 7 nitrogen and oxygen atoms in total. The van der Waals surface area contributed by atoms with Gasteiger partial charge in [0.25, 0.3) is 11.5 Å². The van der Waals surface area contributed by atoms with E-state index < -0.39 is 11.6 Å². The van der Waals surface area contributed by atoms with E-state index in [2.05, 4.69) is 22.2 Å². The number of thiophene rings is 1. The van der Waals surface area contributed by atoms with Gasteiger partial charge in [-0.2, -0.15) is 0 Å². The molecule has 160 valence electrons. The van der Waals surface area contributed by atoms with Crippen LogP contribution in [0.2, 0.25) is 0 Å². The van der Waals surface area contributed by atoms with Crippen LogP contribution in [-0.4, -0.2) is 26.8 Å². The predicted octanol–water partition coefficient (Wildman–Crippen LogP) is 3.39. The lowest BCUT2D eigenvalue weighted by atomic mass is 9.89. The van der Waals surface area contributed by atoms with E-state index in [0.717, 1.165) is 40.9 Å². The van der Waals surface area contributed by atoms with Gasteiger partial charge in [-0.05, 0) is 50.2 Å². The Labute approximate surface area is 183 Å². The predicted molar refractivity (Wildman–Crippen MR) is 119 cm³/mol. The molecule has 2 atom stereocenters. The third-order valence-corrected chi connectivity index (χ3v) is 7.57. The van der Waals surface area contributed by atoms with Gasteiger partial charge in [-0.25, -0.2) is 9.78 Å². The molecule has 0 bridgehead atoms. The van der Waals surface area contributed by atoms with Crippen LogP contribution in [0.5, 0.6) is 0 Å². The maximum Gasteiger partial charge on any atom is 0.325 e. The van der Waals surface area contributed by atoms with Crippen molar-refractivity contribution in [2.75, 3.05) is 0 Å². The van der Waals surface area contributed by atoms with Crippen molar-refractivity contribution >= 4 is 33.5 Å². The van der Waals surface area contributed by atoms with E-state index in [1.165, 1.54) is 4.88 Å². The lowest BCUT2D eigenvalue weighted by Crippen LogP contribution is -2.40. The highest BCUT2D eigenvalue weighted by molar-refractivity contribution is 7.18. The number of benzene rings is 1. The van der Waals surface area contributed by atoms with E-state index in [-0.39, 0.29) is 18.0 Å². The van der Waals surface area contributed by atoms with Crippen LogP contribution in [0.15, 0.2) is 29.1 Å². The van der Waals surface area contributed by atoms with E-state index >= 15 is 0 Å². The van der Waals surface area contributed by atoms with Crippen LogP contribution in [0.3, 0.4) is 0 Å². The highest BCUT2D eigenvalue weighted by atomic mass is 32.1. The Hall–Kier alpha value is -3.00. The molecule has 1 aromatic carbocycles. The van der Waals surface area contributed by atoms with Crippen molar-refractivity contribution in [3.8, 4) is 0 Å². The first kappa shape index (κ1) is 19.9. The van der Waals surface area contributed by atoms with Crippen LogP contribution in [0.25, 0.3) is 10.2 Å². The van der Waals surface area contributed by atoms with E-state index in [0.29, 0.717) is 22.0 Å². The van der Waals surface area contributed by atoms with Gasteiger partial charge in [0.15, 0.2) is 0 Å². The zero-order valence-corrected chi connectivity index (χ0v) is 18.6. The summed E-state index contributed by atoms with van der Waals surface area (Å²) in [5.74, 6) is 0.564. The largest absolute Gasteiger partial charge is 0.325 e. The monoisotopic (exact) mass is 436 g/mol. The van der Waals surface area contributed by atoms with E-state index in [1.807, 2.05) is 31.2 Å². The number of amides is 3. The number of carbonyl (C=O) groups is 2. The Morgan fingerprint density at radius 1 is 1.23 bits per heavy atom. The third kappa shape index (κ3) is 3.17. The summed E-state index contributed by atoms with van der Waals surface area (Å²) < 4.78 is 0. The van der Waals surface area contributed by atoms with Crippen LogP contribution in [0, 0.1) is 12.8 Å². The Bertz CT molecular complexity index is 1280. The fourth-order valence-electron chi connectivity index (χ4n) is 4.54. The highest BCUT2D eigenvalue weighted by Crippen LogP contribution is 2.36. The van der Waals surface area contributed by atoms with Crippen LogP contribution in [0.1, 0.15) is 47.7 Å². The average molecular weight is 437 g/mol. The van der Waals surface area contributed by atoms with Gasteiger partial charge in [-0.15, -0.1) is 11.3 Å². The maximum atomic E-state index is 13.2. The Kier molecular flexibility index (Phi) is 4.51. The molecule has 3 amide bonds. The van der Waals surface area contributed by atoms with Crippen LogP contribution < -0.4 is 10.9 Å². The molecule has 31 heavy (non-hydrogen) atoms. The molecule has 3 aromatic rings. The second-order valence-corrected chi connectivity index (χ2v) is 9.94. The van der Waals surface area contributed by atoms with Crippen LogP contribution in [-0.2, 0) is 29.7 Å². The number of hydrogen-bond acceptors (Lipinski definition) is 5. The number of aromatic nitrogens is 2. The molecule has 1 aliphatic heterocycles. The van der Waals surface area contributed by atoms with Crippen LogP contribution >= 0.6 is 11.3 Å². The minimum Gasteiger partial charge on any atom is -0.319 e. The molecule has 2 aliphatic rings. The van der Waals surface area contributed by atoms with Gasteiger partial charge in [-0.1, -0.05) is 36.8 Å². The standard InChI is InChI=1S/C23H24N4O3S/c1-12-4-7-14(8-5-12)23(3)21(29)27(22(30)26-23)11-17-24-19(28)18-15-9-6-13(2)10-16(15)31-20(18)25-17/h4-5,7-8,13H,6,9-11H2,1-3H3,(H,26,30)(H,24,25,28)/t13-,23+/m0/s1. The van der Waals surface area contributed by atoms with E-state index in [4.69, 9.17) is 0 Å². The normalized spacial score (nSPS) is 23.3. The molecule has 8 heteroatoms. The van der Waals surface area contributed by atoms with Crippen molar-refractivity contribution in [1.29, 1.82) is 0 Å². The zero-order valence-electron chi connectivity index (χ0n) is 17.7. The third-order valence-electron chi connectivity index (χ3n) is 6.43. The van der Waals surface area contributed by atoms with E-state index in [9.17, 15) is 14.4 Å². The highest BCUT2D eigenvalue weighted by Gasteiger charge is 2.49. The molecule has 1 aliphatic carbocycles. The summed E-state index contributed by atoms with van der Waals surface area (Å²) in [7, 11) is 0. The van der Waals surface area contributed by atoms with Crippen LogP contribution in [0.4, 0.5) is 4.79 Å². The van der Waals surface area contributed by atoms with Crippen molar-refractivity contribution in [2.45, 2.75) is 52.1 Å². The zero-order chi connectivity index (χ0) is 21.9. The number of H-pyrrole nitrogens is 1. The summed E-state index contributed by atoms with van der Waals surface area (Å²) in [6, 6.07) is 7.03. The van der Waals surface area contributed by atoms with Gasteiger partial charge in [0.2, 0.25) is 0 Å². The molecular formula is C23H24N4O3S. The van der Waals surface area contributed by atoms with Gasteiger partial charge in [0, 0.05) is 4.88 Å². The molecule has 0 unspecified atom stereocenters. The topological polar surface area (TPSA) is 95.2 Å². The SMILES string of the molecule is Cc1ccc([C@@]2(C)NC(=O)N(Cc3nc4sc5c(c4c(=O)[nH]3)CC[C@H](C)C5)C2=O)cc1. The number of fused-ring (bicyclic) bond motifs is 3. The van der Waals surface area contributed by atoms with Crippen molar-refractivity contribution in [3.63, 3.8) is 0 Å². The van der Waals surface area contributed by atoms with Gasteiger partial charge < -0.3 is 10.3 Å². The first-order chi connectivity index (χ1) is 14.8. The fraction of sp³-hybridized carbons (Fsp3) is 0.391. The molecule has 0 saturated carbocycles. The number of nitrogens with zero attached hydrogens (tertiary/aromatic N) is 2. The minimum atomic E-state index is -1.15. The summed E-state index contributed by atoms with van der Waals surface area (Å²) in [5, 5.41) is 3.47. The summed E-state index contributed by atoms with van der Waals surface area (Å²) in [5.41, 5.74) is 1.56. The second kappa shape index (κ2) is 7.02. The van der Waals surface area contributed by atoms with Crippen molar-refractivity contribution < 1.29 is 9.59 Å². The van der Waals surface area contributed by atoms with Gasteiger partial charge in [-0.3, -0.25) is 14.5 Å². The summed E-state index contributed by atoms with van der Waals surface area (Å²) >= 11 is 1.55. The number of nitrogens with one attached hydrogen (secondary N) is 2. The maximum absolute atomic E-state index is 13.2. The Morgan fingerprint density at radius 3 is 2.71 bits per heavy atom. The quantitative estimate of drug-likeness (QED) is 0.616. The smallest absolute Gasteiger partial charge is 0.319 e. The second-order valence-electron chi connectivity index (χ2n) is 8.86. The fourth-order valence-corrected chi connectivity index (χ4v) is 5.94. The number of urea groups is 1. The number of carbonyl (C=O) groups excluding carboxylic acids is 2. The number of imide groups is 1. The van der Waals surface area contributed by atoms with Crippen molar-refractivity contribution in [3.05, 3.63) is 62.0 Å². The van der Waals surface area contributed by atoms with E-state index in [1.54, 1.807) is 18.3 Å². The first-order valence-electron chi connectivity index (χ1n) is 10.5. The molecule has 1 fully saturated rings. The Morgan fingerprint density at radius 2 is 1.97 bits per heavy atom. The molecule has 1 saturated heterocycles. The molecule has 0 radical (unpaired) electrons. The number of rotatable bonds is 3. The Balaban J connectivity index is 1.47. The molecule has 5 rings (SSSR count). The minimum absolute atomic E-state index is 0.0731.